The van der Waals surface area contributed by atoms with Gasteiger partial charge in [0.2, 0.25) is 0 Å². The first kappa shape index (κ1) is 14.2. The number of fused-ring (bicyclic) bond motifs is 2. The molecule has 0 bridgehead atoms. The predicted molar refractivity (Wildman–Crippen MR) is 84.4 cm³/mol. The average molecular weight is 295 g/mol. The molecule has 0 atom stereocenters. The molecule has 5 heteroatoms. The Balaban J connectivity index is 1.96. The van der Waals surface area contributed by atoms with E-state index in [1.165, 1.54) is 0 Å². The molecule has 0 saturated heterocycles. The molecule has 2 aromatic carbocycles. The average Bonchev–Trinajstić information content (AvgIpc) is 2.54. The van der Waals surface area contributed by atoms with Gasteiger partial charge in [-0.15, -0.1) is 6.58 Å². The SMILES string of the molecule is C=CCN(N)C(=O)NC1c2ccccc2Oc2ccccc21. The van der Waals surface area contributed by atoms with Gasteiger partial charge in [-0.25, -0.2) is 10.6 Å². The number of nitrogens with zero attached hydrogens (tertiary/aromatic N) is 1. The Morgan fingerprint density at radius 2 is 1.73 bits per heavy atom. The molecule has 2 aromatic rings. The van der Waals surface area contributed by atoms with Crippen LogP contribution in [0.25, 0.3) is 0 Å². The van der Waals surface area contributed by atoms with Gasteiger partial charge in [0.05, 0.1) is 12.6 Å². The highest BCUT2D eigenvalue weighted by molar-refractivity contribution is 5.75. The van der Waals surface area contributed by atoms with Gasteiger partial charge in [0.15, 0.2) is 0 Å². The van der Waals surface area contributed by atoms with Crippen molar-refractivity contribution in [3.8, 4) is 11.5 Å². The monoisotopic (exact) mass is 295 g/mol. The zero-order valence-corrected chi connectivity index (χ0v) is 12.0. The molecule has 0 unspecified atom stereocenters. The first-order chi connectivity index (χ1) is 10.7. The third-order valence-corrected chi connectivity index (χ3v) is 3.53. The van der Waals surface area contributed by atoms with Crippen molar-refractivity contribution in [2.45, 2.75) is 6.04 Å². The summed E-state index contributed by atoms with van der Waals surface area (Å²) < 4.78 is 5.88. The number of rotatable bonds is 3. The van der Waals surface area contributed by atoms with Crippen LogP contribution in [0.1, 0.15) is 17.2 Å². The van der Waals surface area contributed by atoms with Gasteiger partial charge in [-0.1, -0.05) is 42.5 Å². The minimum Gasteiger partial charge on any atom is -0.457 e. The lowest BCUT2D eigenvalue weighted by Gasteiger charge is -2.30. The summed E-state index contributed by atoms with van der Waals surface area (Å²) in [4.78, 5) is 12.2. The molecule has 0 aromatic heterocycles. The fourth-order valence-corrected chi connectivity index (χ4v) is 2.49. The lowest BCUT2D eigenvalue weighted by atomic mass is 9.95. The second-order valence-corrected chi connectivity index (χ2v) is 5.00. The summed E-state index contributed by atoms with van der Waals surface area (Å²) in [5.74, 6) is 7.17. The van der Waals surface area contributed by atoms with Crippen LogP contribution in [-0.4, -0.2) is 17.6 Å². The highest BCUT2D eigenvalue weighted by atomic mass is 16.5. The number of urea groups is 1. The van der Waals surface area contributed by atoms with Crippen LogP contribution in [0.2, 0.25) is 0 Å². The topological polar surface area (TPSA) is 67.6 Å². The lowest BCUT2D eigenvalue weighted by Crippen LogP contribution is -2.46. The van der Waals surface area contributed by atoms with Crippen molar-refractivity contribution in [1.29, 1.82) is 0 Å². The highest BCUT2D eigenvalue weighted by Crippen LogP contribution is 2.42. The van der Waals surface area contributed by atoms with Crippen molar-refractivity contribution in [3.05, 3.63) is 72.3 Å². The zero-order chi connectivity index (χ0) is 15.5. The smallest absolute Gasteiger partial charge is 0.332 e. The predicted octanol–water partition coefficient (Wildman–Crippen LogP) is 2.95. The van der Waals surface area contributed by atoms with Crippen molar-refractivity contribution in [3.63, 3.8) is 0 Å². The number of amides is 2. The molecule has 2 amide bonds. The van der Waals surface area contributed by atoms with E-state index in [2.05, 4.69) is 11.9 Å². The molecule has 3 rings (SSSR count). The van der Waals surface area contributed by atoms with Gasteiger partial charge in [-0.05, 0) is 12.1 Å². The summed E-state index contributed by atoms with van der Waals surface area (Å²) in [7, 11) is 0. The van der Waals surface area contributed by atoms with Crippen molar-refractivity contribution in [2.75, 3.05) is 6.54 Å². The number of nitrogens with two attached hydrogens (primary N) is 1. The van der Waals surface area contributed by atoms with E-state index in [0.717, 1.165) is 27.6 Å². The van der Waals surface area contributed by atoms with Crippen molar-refractivity contribution in [1.82, 2.24) is 10.3 Å². The molecule has 112 valence electrons. The largest absolute Gasteiger partial charge is 0.457 e. The Hall–Kier alpha value is -2.79. The maximum atomic E-state index is 12.2. The minimum atomic E-state index is -0.364. The Kier molecular flexibility index (Phi) is 3.80. The summed E-state index contributed by atoms with van der Waals surface area (Å²) in [6.07, 6.45) is 1.57. The molecule has 5 nitrogen and oxygen atoms in total. The number of hydrazine groups is 1. The molecular formula is C17H17N3O2. The first-order valence-corrected chi connectivity index (χ1v) is 7.00. The molecular weight excluding hydrogens is 278 g/mol. The van der Waals surface area contributed by atoms with Gasteiger partial charge >= 0.3 is 6.03 Å². The Morgan fingerprint density at radius 1 is 1.18 bits per heavy atom. The van der Waals surface area contributed by atoms with Crippen LogP contribution >= 0.6 is 0 Å². The van der Waals surface area contributed by atoms with Crippen molar-refractivity contribution < 1.29 is 9.53 Å². The van der Waals surface area contributed by atoms with E-state index < -0.39 is 0 Å². The Labute approximate surface area is 129 Å². The molecule has 0 aliphatic carbocycles. The number of hydrogen-bond donors (Lipinski definition) is 2. The van der Waals surface area contributed by atoms with E-state index in [1.807, 2.05) is 48.5 Å². The number of benzene rings is 2. The molecule has 22 heavy (non-hydrogen) atoms. The van der Waals surface area contributed by atoms with Gasteiger partial charge < -0.3 is 10.1 Å². The van der Waals surface area contributed by atoms with E-state index in [-0.39, 0.29) is 18.6 Å². The Morgan fingerprint density at radius 3 is 2.27 bits per heavy atom. The van der Waals surface area contributed by atoms with Crippen LogP contribution < -0.4 is 15.9 Å². The lowest BCUT2D eigenvalue weighted by molar-refractivity contribution is 0.201. The van der Waals surface area contributed by atoms with E-state index in [9.17, 15) is 4.79 Å². The molecule has 1 aliphatic heterocycles. The number of carbonyl (C=O) groups is 1. The van der Waals surface area contributed by atoms with E-state index in [0.29, 0.717) is 0 Å². The highest BCUT2D eigenvalue weighted by Gasteiger charge is 2.28. The van der Waals surface area contributed by atoms with Crippen LogP contribution in [-0.2, 0) is 0 Å². The summed E-state index contributed by atoms with van der Waals surface area (Å²) in [5.41, 5.74) is 1.81. The number of hydrogen-bond acceptors (Lipinski definition) is 3. The Bertz CT molecular complexity index is 669. The van der Waals surface area contributed by atoms with Crippen LogP contribution in [0.3, 0.4) is 0 Å². The minimum absolute atomic E-state index is 0.276. The molecule has 0 saturated carbocycles. The number of ether oxygens (including phenoxy) is 1. The van der Waals surface area contributed by atoms with E-state index >= 15 is 0 Å². The maximum Gasteiger partial charge on any atom is 0.332 e. The molecule has 0 fully saturated rings. The number of para-hydroxylation sites is 2. The quantitative estimate of drug-likeness (QED) is 0.396. The van der Waals surface area contributed by atoms with Gasteiger partial charge in [-0.2, -0.15) is 0 Å². The fraction of sp³-hybridized carbons (Fsp3) is 0.118. The van der Waals surface area contributed by atoms with E-state index in [4.69, 9.17) is 10.6 Å². The second-order valence-electron chi connectivity index (χ2n) is 5.00. The number of nitrogens with one attached hydrogen (secondary N) is 1. The zero-order valence-electron chi connectivity index (χ0n) is 12.0. The molecule has 3 N–H and O–H groups in total. The van der Waals surface area contributed by atoms with Crippen molar-refractivity contribution in [2.24, 2.45) is 5.84 Å². The van der Waals surface area contributed by atoms with Gasteiger partial charge in [0.1, 0.15) is 11.5 Å². The van der Waals surface area contributed by atoms with Crippen LogP contribution in [0, 0.1) is 0 Å². The van der Waals surface area contributed by atoms with E-state index in [1.54, 1.807) is 6.08 Å². The third kappa shape index (κ3) is 2.54. The van der Waals surface area contributed by atoms with Crippen LogP contribution in [0.4, 0.5) is 4.79 Å². The molecule has 0 spiro atoms. The summed E-state index contributed by atoms with van der Waals surface area (Å²) in [5, 5.41) is 4.04. The van der Waals surface area contributed by atoms with Gasteiger partial charge in [0.25, 0.3) is 0 Å². The third-order valence-electron chi connectivity index (χ3n) is 3.53. The van der Waals surface area contributed by atoms with Gasteiger partial charge in [-0.3, -0.25) is 5.01 Å². The summed E-state index contributed by atoms with van der Waals surface area (Å²) >= 11 is 0. The summed E-state index contributed by atoms with van der Waals surface area (Å²) in [6.45, 7) is 3.86. The first-order valence-electron chi connectivity index (χ1n) is 7.00. The molecule has 1 aliphatic rings. The second kappa shape index (κ2) is 5.91. The molecule has 0 radical (unpaired) electrons. The van der Waals surface area contributed by atoms with Crippen LogP contribution in [0.5, 0.6) is 11.5 Å². The normalized spacial score (nSPS) is 12.6. The fourth-order valence-electron chi connectivity index (χ4n) is 2.49. The number of carbonyl (C=O) groups excluding carboxylic acids is 1. The van der Waals surface area contributed by atoms with Crippen molar-refractivity contribution >= 4 is 6.03 Å². The molecule has 1 heterocycles. The summed E-state index contributed by atoms with van der Waals surface area (Å²) in [6, 6.07) is 14.6. The van der Waals surface area contributed by atoms with Gasteiger partial charge in [0, 0.05) is 11.1 Å². The maximum absolute atomic E-state index is 12.2. The van der Waals surface area contributed by atoms with Crippen LogP contribution in [0.15, 0.2) is 61.2 Å². The standard InChI is InChI=1S/C17H17N3O2/c1-2-11-20(18)17(21)19-16-12-7-3-5-9-14(12)22-15-10-6-4-8-13(15)16/h2-10,16H,1,11,18H2,(H,19,21).